The van der Waals surface area contributed by atoms with Gasteiger partial charge >= 0.3 is 0 Å². The Hall–Kier alpha value is -0.940. The van der Waals surface area contributed by atoms with Crippen molar-refractivity contribution < 1.29 is 14.0 Å². The number of hydrogen-bond donors (Lipinski definition) is 2. The highest BCUT2D eigenvalue weighted by atomic mass is 127. The zero-order valence-corrected chi connectivity index (χ0v) is 15.0. The molecule has 0 bridgehead atoms. The van der Waals surface area contributed by atoms with Gasteiger partial charge in [0, 0.05) is 33.7 Å². The number of hydrogen-bond acceptors (Lipinski definition) is 6. The molecule has 0 aromatic carbocycles. The molecule has 0 aliphatic carbocycles. The quantitative estimate of drug-likeness (QED) is 0.262. The number of aliphatic imine (C=N–C) groups is 1. The van der Waals surface area contributed by atoms with E-state index in [2.05, 4.69) is 25.8 Å². The van der Waals surface area contributed by atoms with Crippen LogP contribution in [0.5, 0.6) is 0 Å². The first-order chi connectivity index (χ1) is 9.76. The van der Waals surface area contributed by atoms with Crippen LogP contribution in [0.1, 0.15) is 11.7 Å². The number of nitrogens with one attached hydrogen (secondary N) is 2. The monoisotopic (exact) mass is 413 g/mol. The van der Waals surface area contributed by atoms with Crippen LogP contribution < -0.4 is 10.6 Å². The molecule has 0 fully saturated rings. The molecule has 0 spiro atoms. The van der Waals surface area contributed by atoms with E-state index in [1.807, 2.05) is 0 Å². The molecule has 0 saturated carbocycles. The lowest BCUT2D eigenvalue weighted by Gasteiger charge is -2.11. The van der Waals surface area contributed by atoms with E-state index in [9.17, 15) is 0 Å². The lowest BCUT2D eigenvalue weighted by Crippen LogP contribution is -2.40. The molecule has 0 aliphatic heterocycles. The van der Waals surface area contributed by atoms with Crippen molar-refractivity contribution in [2.24, 2.45) is 4.99 Å². The zero-order chi connectivity index (χ0) is 14.6. The van der Waals surface area contributed by atoms with Gasteiger partial charge in [-0.15, -0.1) is 24.0 Å². The van der Waals surface area contributed by atoms with Crippen LogP contribution in [0.3, 0.4) is 0 Å². The third kappa shape index (κ3) is 9.58. The summed E-state index contributed by atoms with van der Waals surface area (Å²) in [6.07, 6.45) is 0.649. The maximum absolute atomic E-state index is 5.04. The number of halogens is 1. The third-order valence-corrected chi connectivity index (χ3v) is 2.36. The van der Waals surface area contributed by atoms with Crippen LogP contribution in [0.4, 0.5) is 0 Å². The Balaban J connectivity index is 0.00000400. The van der Waals surface area contributed by atoms with Crippen molar-refractivity contribution in [2.75, 3.05) is 47.1 Å². The lowest BCUT2D eigenvalue weighted by molar-refractivity contribution is 0.203. The Labute approximate surface area is 142 Å². The Morgan fingerprint density at radius 3 is 2.52 bits per heavy atom. The first-order valence-corrected chi connectivity index (χ1v) is 6.55. The summed E-state index contributed by atoms with van der Waals surface area (Å²) in [7, 11) is 3.31. The van der Waals surface area contributed by atoms with Crippen LogP contribution in [0.2, 0.25) is 0 Å². The van der Waals surface area contributed by atoms with Crippen LogP contribution in [0.25, 0.3) is 0 Å². The summed E-state index contributed by atoms with van der Waals surface area (Å²) in [6.45, 7) is 4.94. The Morgan fingerprint density at radius 2 is 1.90 bits per heavy atom. The molecule has 122 valence electrons. The number of nitrogens with zero attached hydrogens (tertiary/aromatic N) is 3. The fourth-order valence-corrected chi connectivity index (χ4v) is 1.42. The highest BCUT2D eigenvalue weighted by Gasteiger charge is 2.03. The van der Waals surface area contributed by atoms with Gasteiger partial charge in [0.05, 0.1) is 19.8 Å². The largest absolute Gasteiger partial charge is 0.383 e. The van der Waals surface area contributed by atoms with Gasteiger partial charge in [-0.1, -0.05) is 5.16 Å². The number of aryl methyl sites for hydroxylation is 1. The highest BCUT2D eigenvalue weighted by Crippen LogP contribution is 1.95. The third-order valence-electron chi connectivity index (χ3n) is 2.36. The smallest absolute Gasteiger partial charge is 0.228 e. The van der Waals surface area contributed by atoms with E-state index in [0.29, 0.717) is 51.0 Å². The standard InChI is InChI=1S/C12H23N5O3.HI/c1-10-16-11(20-17-10)4-5-13-12(14-6-8-18-2)15-7-9-19-3;/h4-9H2,1-3H3,(H2,13,14,15);1H. The molecule has 1 rings (SSSR count). The van der Waals surface area contributed by atoms with E-state index in [0.717, 1.165) is 5.96 Å². The van der Waals surface area contributed by atoms with E-state index in [-0.39, 0.29) is 24.0 Å². The van der Waals surface area contributed by atoms with Crippen LogP contribution >= 0.6 is 24.0 Å². The average molecular weight is 413 g/mol. The van der Waals surface area contributed by atoms with E-state index < -0.39 is 0 Å². The number of guanidine groups is 1. The second-order valence-corrected chi connectivity index (χ2v) is 4.05. The topological polar surface area (TPSA) is 93.8 Å². The van der Waals surface area contributed by atoms with Crippen molar-refractivity contribution in [1.29, 1.82) is 0 Å². The minimum Gasteiger partial charge on any atom is -0.383 e. The molecule has 9 heteroatoms. The molecular formula is C12H24IN5O3. The SMILES string of the molecule is COCCN=C(NCCOC)NCCc1nc(C)no1.I. The minimum absolute atomic E-state index is 0. The molecule has 8 nitrogen and oxygen atoms in total. The molecule has 1 heterocycles. The summed E-state index contributed by atoms with van der Waals surface area (Å²) in [5.74, 6) is 1.98. The maximum atomic E-state index is 5.04. The van der Waals surface area contributed by atoms with Crippen molar-refractivity contribution in [2.45, 2.75) is 13.3 Å². The van der Waals surface area contributed by atoms with Gasteiger partial charge in [-0.3, -0.25) is 4.99 Å². The van der Waals surface area contributed by atoms with Crippen molar-refractivity contribution >= 4 is 29.9 Å². The maximum Gasteiger partial charge on any atom is 0.228 e. The van der Waals surface area contributed by atoms with Gasteiger partial charge in [0.2, 0.25) is 5.89 Å². The molecular weight excluding hydrogens is 389 g/mol. The van der Waals surface area contributed by atoms with Crippen LogP contribution in [-0.4, -0.2) is 63.2 Å². The molecule has 0 radical (unpaired) electrons. The van der Waals surface area contributed by atoms with Gasteiger partial charge in [0.15, 0.2) is 11.8 Å². The van der Waals surface area contributed by atoms with Gasteiger partial charge < -0.3 is 24.6 Å². The predicted molar refractivity (Wildman–Crippen MR) is 90.2 cm³/mol. The fraction of sp³-hybridized carbons (Fsp3) is 0.750. The summed E-state index contributed by atoms with van der Waals surface area (Å²) in [5.41, 5.74) is 0. The number of methoxy groups -OCH3 is 2. The second kappa shape index (κ2) is 12.8. The van der Waals surface area contributed by atoms with Gasteiger partial charge in [0.1, 0.15) is 0 Å². The summed E-state index contributed by atoms with van der Waals surface area (Å²) in [6, 6.07) is 0. The van der Waals surface area contributed by atoms with Crippen molar-refractivity contribution in [3.63, 3.8) is 0 Å². The molecule has 0 aliphatic rings. The Kier molecular flexibility index (Phi) is 12.2. The molecule has 21 heavy (non-hydrogen) atoms. The molecule has 0 atom stereocenters. The highest BCUT2D eigenvalue weighted by molar-refractivity contribution is 14.0. The van der Waals surface area contributed by atoms with Gasteiger partial charge in [0.25, 0.3) is 0 Å². The van der Waals surface area contributed by atoms with Crippen LogP contribution in [0.15, 0.2) is 9.52 Å². The molecule has 0 saturated heterocycles. The molecule has 0 unspecified atom stereocenters. The Morgan fingerprint density at radius 1 is 1.19 bits per heavy atom. The van der Waals surface area contributed by atoms with Crippen molar-refractivity contribution in [3.05, 3.63) is 11.7 Å². The summed E-state index contributed by atoms with van der Waals surface area (Å²) in [5, 5.41) is 10.1. The number of ether oxygens (including phenoxy) is 2. The van der Waals surface area contributed by atoms with Gasteiger partial charge in [-0.2, -0.15) is 4.98 Å². The van der Waals surface area contributed by atoms with E-state index >= 15 is 0 Å². The average Bonchev–Trinajstić information content (AvgIpc) is 2.84. The molecule has 1 aromatic rings. The van der Waals surface area contributed by atoms with E-state index in [1.54, 1.807) is 21.1 Å². The van der Waals surface area contributed by atoms with E-state index in [4.69, 9.17) is 14.0 Å². The van der Waals surface area contributed by atoms with E-state index in [1.165, 1.54) is 0 Å². The zero-order valence-electron chi connectivity index (χ0n) is 12.7. The molecule has 1 aromatic heterocycles. The summed E-state index contributed by atoms with van der Waals surface area (Å²) in [4.78, 5) is 8.51. The minimum atomic E-state index is 0. The number of aromatic nitrogens is 2. The Bertz CT molecular complexity index is 400. The molecule has 0 amide bonds. The predicted octanol–water partition coefficient (Wildman–Crippen LogP) is 0.367. The van der Waals surface area contributed by atoms with Gasteiger partial charge in [-0.05, 0) is 6.92 Å². The summed E-state index contributed by atoms with van der Waals surface area (Å²) < 4.78 is 15.0. The molecule has 2 N–H and O–H groups in total. The fourth-order valence-electron chi connectivity index (χ4n) is 1.42. The first kappa shape index (κ1) is 20.1. The number of rotatable bonds is 9. The lowest BCUT2D eigenvalue weighted by atomic mass is 10.4. The van der Waals surface area contributed by atoms with Crippen LogP contribution in [0, 0.1) is 6.92 Å². The van der Waals surface area contributed by atoms with Crippen molar-refractivity contribution in [1.82, 2.24) is 20.8 Å². The van der Waals surface area contributed by atoms with Gasteiger partial charge in [-0.25, -0.2) is 0 Å². The van der Waals surface area contributed by atoms with Crippen molar-refractivity contribution in [3.8, 4) is 0 Å². The van der Waals surface area contributed by atoms with Crippen LogP contribution in [-0.2, 0) is 15.9 Å². The second-order valence-electron chi connectivity index (χ2n) is 4.05. The first-order valence-electron chi connectivity index (χ1n) is 6.55. The normalized spacial score (nSPS) is 11.1. The summed E-state index contributed by atoms with van der Waals surface area (Å²) >= 11 is 0.